The summed E-state index contributed by atoms with van der Waals surface area (Å²) in [5, 5.41) is 11.4. The average molecular weight is 436 g/mol. The number of amides is 1. The van der Waals surface area contributed by atoms with Crippen molar-refractivity contribution in [3.8, 4) is 6.07 Å². The lowest BCUT2D eigenvalue weighted by molar-refractivity contribution is 0.0704. The summed E-state index contributed by atoms with van der Waals surface area (Å²) in [6, 6.07) is 10.5. The highest BCUT2D eigenvalue weighted by atomic mass is 32.2. The summed E-state index contributed by atoms with van der Waals surface area (Å²) in [7, 11) is 0. The molecule has 1 saturated carbocycles. The Morgan fingerprint density at radius 1 is 1.13 bits per heavy atom. The fraction of sp³-hybridized carbons (Fsp3) is 0.542. The van der Waals surface area contributed by atoms with E-state index in [0.717, 1.165) is 74.0 Å². The van der Waals surface area contributed by atoms with Crippen LogP contribution in [0.3, 0.4) is 0 Å². The van der Waals surface area contributed by atoms with Crippen LogP contribution in [0.2, 0.25) is 0 Å². The Kier molecular flexibility index (Phi) is 5.53. The average Bonchev–Trinajstić information content (AvgIpc) is 3.63. The number of para-hydroxylation sites is 1. The van der Waals surface area contributed by atoms with Gasteiger partial charge in [0.25, 0.3) is 5.91 Å². The van der Waals surface area contributed by atoms with Gasteiger partial charge in [0.1, 0.15) is 0 Å². The third-order valence-corrected chi connectivity index (χ3v) is 8.21. The molecule has 1 aromatic heterocycles. The van der Waals surface area contributed by atoms with Crippen LogP contribution in [0.5, 0.6) is 0 Å². The lowest BCUT2D eigenvalue weighted by Crippen LogP contribution is -2.47. The summed E-state index contributed by atoms with van der Waals surface area (Å²) < 4.78 is 2.42. The molecule has 0 radical (unpaired) electrons. The molecule has 6 nitrogen and oxygen atoms in total. The lowest BCUT2D eigenvalue weighted by Gasteiger charge is -2.38. The maximum Gasteiger partial charge on any atom is 0.257 e. The van der Waals surface area contributed by atoms with E-state index in [-0.39, 0.29) is 11.3 Å². The zero-order chi connectivity index (χ0) is 21.4. The van der Waals surface area contributed by atoms with Crippen molar-refractivity contribution in [3.05, 3.63) is 36.0 Å². The summed E-state index contributed by atoms with van der Waals surface area (Å²) in [6.07, 6.45) is 6.05. The van der Waals surface area contributed by atoms with Gasteiger partial charge >= 0.3 is 0 Å². The fourth-order valence-corrected chi connectivity index (χ4v) is 5.65. The minimum Gasteiger partial charge on any atom is -0.370 e. The van der Waals surface area contributed by atoms with Gasteiger partial charge in [-0.05, 0) is 38.7 Å². The topological polar surface area (TPSA) is 63.5 Å². The second-order valence-electron chi connectivity index (χ2n) is 9.22. The van der Waals surface area contributed by atoms with E-state index in [2.05, 4.69) is 26.3 Å². The first kappa shape index (κ1) is 20.6. The molecule has 7 heteroatoms. The summed E-state index contributed by atoms with van der Waals surface area (Å²) in [4.78, 5) is 22.5. The summed E-state index contributed by atoms with van der Waals surface area (Å²) in [5.74, 6) is 0.0814. The van der Waals surface area contributed by atoms with Crippen LogP contribution in [0.4, 0.5) is 5.69 Å². The molecule has 1 aromatic carbocycles. The van der Waals surface area contributed by atoms with Crippen LogP contribution in [0, 0.1) is 16.7 Å². The van der Waals surface area contributed by atoms with Gasteiger partial charge in [0.05, 0.1) is 28.3 Å². The van der Waals surface area contributed by atoms with Crippen LogP contribution >= 0.6 is 11.9 Å². The second kappa shape index (κ2) is 8.33. The predicted molar refractivity (Wildman–Crippen MR) is 125 cm³/mol. The van der Waals surface area contributed by atoms with Gasteiger partial charge < -0.3 is 9.80 Å². The number of anilines is 1. The molecular weight excluding hydrogens is 406 g/mol. The zero-order valence-electron chi connectivity index (χ0n) is 18.1. The molecule has 0 unspecified atom stereocenters. The van der Waals surface area contributed by atoms with E-state index in [1.807, 2.05) is 42.0 Å². The smallest absolute Gasteiger partial charge is 0.257 e. The molecule has 5 rings (SSSR count). The number of hydrogen-bond donors (Lipinski definition) is 0. The number of benzene rings is 1. The molecule has 2 saturated heterocycles. The van der Waals surface area contributed by atoms with E-state index in [1.54, 1.807) is 6.20 Å². The highest BCUT2D eigenvalue weighted by Gasteiger charge is 2.34. The number of piperazine rings is 1. The lowest BCUT2D eigenvalue weighted by atomic mass is 9.81. The molecule has 162 valence electrons. The Bertz CT molecular complexity index is 1010. The van der Waals surface area contributed by atoms with Crippen molar-refractivity contribution in [1.29, 1.82) is 5.26 Å². The van der Waals surface area contributed by atoms with Crippen molar-refractivity contribution in [2.75, 3.05) is 44.2 Å². The number of hydrogen-bond acceptors (Lipinski definition) is 6. The molecule has 2 aromatic rings. The first-order valence-electron chi connectivity index (χ1n) is 11.3. The molecule has 1 amide bonds. The molecule has 2 aliphatic heterocycles. The monoisotopic (exact) mass is 435 g/mol. The number of pyridine rings is 1. The number of carbonyl (C=O) groups excluding carboxylic acids is 1. The van der Waals surface area contributed by atoms with E-state index in [0.29, 0.717) is 5.56 Å². The van der Waals surface area contributed by atoms with Crippen molar-refractivity contribution in [3.63, 3.8) is 0 Å². The first-order chi connectivity index (χ1) is 15.1. The van der Waals surface area contributed by atoms with E-state index < -0.39 is 0 Å². The predicted octanol–water partition coefficient (Wildman–Crippen LogP) is 3.93. The number of aromatic nitrogens is 1. The first-order valence-corrected chi connectivity index (χ1v) is 12.1. The third kappa shape index (κ3) is 4.24. The zero-order valence-corrected chi connectivity index (χ0v) is 18.9. The van der Waals surface area contributed by atoms with Crippen LogP contribution in [-0.2, 0) is 0 Å². The standard InChI is InChI=1S/C24H29N5OS/c1-24(17-25)8-10-27(11-9-24)22-19-4-2-3-5-21(19)26-16-20(22)23(30)28-12-14-29(15-13-28)31-18-6-7-18/h2-5,16,18H,6-15H2,1H3. The van der Waals surface area contributed by atoms with Crippen LogP contribution in [0.25, 0.3) is 10.9 Å². The number of rotatable bonds is 4. The molecule has 0 bridgehead atoms. The maximum atomic E-state index is 13.6. The van der Waals surface area contributed by atoms with Crippen molar-refractivity contribution in [2.24, 2.45) is 5.41 Å². The maximum absolute atomic E-state index is 13.6. The van der Waals surface area contributed by atoms with Crippen molar-refractivity contribution in [2.45, 2.75) is 37.9 Å². The van der Waals surface area contributed by atoms with Crippen LogP contribution < -0.4 is 4.90 Å². The number of nitrogens with zero attached hydrogens (tertiary/aromatic N) is 5. The van der Waals surface area contributed by atoms with Crippen molar-refractivity contribution >= 4 is 34.4 Å². The third-order valence-electron chi connectivity index (χ3n) is 6.78. The summed E-state index contributed by atoms with van der Waals surface area (Å²) in [5.41, 5.74) is 2.32. The number of fused-ring (bicyclic) bond motifs is 1. The Labute approximate surface area is 188 Å². The van der Waals surface area contributed by atoms with Gasteiger partial charge in [-0.3, -0.25) is 9.78 Å². The summed E-state index contributed by atoms with van der Waals surface area (Å²) >= 11 is 1.97. The van der Waals surface area contributed by atoms with Crippen LogP contribution in [0.1, 0.15) is 43.0 Å². The van der Waals surface area contributed by atoms with Gasteiger partial charge in [-0.1, -0.05) is 30.1 Å². The molecule has 31 heavy (non-hydrogen) atoms. The second-order valence-corrected chi connectivity index (χ2v) is 10.6. The Hall–Kier alpha value is -2.30. The fourth-order valence-electron chi connectivity index (χ4n) is 4.51. The van der Waals surface area contributed by atoms with E-state index in [1.165, 1.54) is 12.8 Å². The molecule has 3 fully saturated rings. The van der Waals surface area contributed by atoms with Gasteiger partial charge in [-0.25, -0.2) is 4.31 Å². The number of piperidine rings is 1. The Morgan fingerprint density at radius 3 is 2.52 bits per heavy atom. The van der Waals surface area contributed by atoms with Gasteiger partial charge in [0.2, 0.25) is 0 Å². The largest absolute Gasteiger partial charge is 0.370 e. The van der Waals surface area contributed by atoms with E-state index in [4.69, 9.17) is 0 Å². The molecule has 0 N–H and O–H groups in total. The number of nitriles is 1. The minimum atomic E-state index is -0.279. The molecule has 3 aliphatic rings. The number of carbonyl (C=O) groups is 1. The summed E-state index contributed by atoms with van der Waals surface area (Å²) in [6.45, 7) is 6.98. The highest BCUT2D eigenvalue weighted by molar-refractivity contribution is 7.97. The van der Waals surface area contributed by atoms with Crippen molar-refractivity contribution in [1.82, 2.24) is 14.2 Å². The highest BCUT2D eigenvalue weighted by Crippen LogP contribution is 2.38. The molecule has 0 spiro atoms. The molecular formula is C24H29N5OS. The minimum absolute atomic E-state index is 0.0814. The van der Waals surface area contributed by atoms with Gasteiger partial charge in [-0.2, -0.15) is 5.26 Å². The molecule has 3 heterocycles. The van der Waals surface area contributed by atoms with Gasteiger partial charge in [0, 0.05) is 56.1 Å². The van der Waals surface area contributed by atoms with E-state index >= 15 is 0 Å². The molecule has 1 aliphatic carbocycles. The SMILES string of the molecule is CC1(C#N)CCN(c2c(C(=O)N3CCN(SC4CC4)CC3)cnc3ccccc23)CC1. The van der Waals surface area contributed by atoms with E-state index in [9.17, 15) is 10.1 Å². The van der Waals surface area contributed by atoms with Crippen LogP contribution in [-0.4, -0.2) is 64.6 Å². The van der Waals surface area contributed by atoms with Crippen molar-refractivity contribution < 1.29 is 4.79 Å². The quantitative estimate of drug-likeness (QED) is 0.678. The van der Waals surface area contributed by atoms with Gasteiger partial charge in [0.15, 0.2) is 0 Å². The van der Waals surface area contributed by atoms with Gasteiger partial charge in [-0.15, -0.1) is 0 Å². The van der Waals surface area contributed by atoms with Crippen LogP contribution in [0.15, 0.2) is 30.5 Å². The molecule has 0 atom stereocenters. The Balaban J connectivity index is 1.41. The normalized spacial score (nSPS) is 21.8. The Morgan fingerprint density at radius 2 is 1.84 bits per heavy atom.